The van der Waals surface area contributed by atoms with Crippen LogP contribution in [0.1, 0.15) is 12.0 Å². The Bertz CT molecular complexity index is 833. The number of hydrogen-bond donors (Lipinski definition) is 4. The maximum Gasteiger partial charge on any atom is 0.318 e. The molecule has 9 nitrogen and oxygen atoms in total. The van der Waals surface area contributed by atoms with Crippen molar-refractivity contribution in [2.45, 2.75) is 18.2 Å². The Morgan fingerprint density at radius 2 is 1.90 bits per heavy atom. The van der Waals surface area contributed by atoms with Gasteiger partial charge in [-0.3, -0.25) is 4.79 Å². The van der Waals surface area contributed by atoms with Gasteiger partial charge < -0.3 is 30.9 Å². The van der Waals surface area contributed by atoms with Crippen LogP contribution in [0.3, 0.4) is 0 Å². The fraction of sp³-hybridized carbons (Fsp3) is 0.300. The molecule has 0 radical (unpaired) electrons. The van der Waals surface area contributed by atoms with Gasteiger partial charge in [-0.2, -0.15) is 0 Å². The largest absolute Gasteiger partial charge is 0.496 e. The summed E-state index contributed by atoms with van der Waals surface area (Å²) in [5, 5.41) is 12.4. The topological polar surface area (TPSA) is 141 Å². The predicted molar refractivity (Wildman–Crippen MR) is 123 cm³/mol. The van der Waals surface area contributed by atoms with Crippen molar-refractivity contribution in [1.29, 1.82) is 0 Å². The van der Waals surface area contributed by atoms with E-state index in [0.29, 0.717) is 24.0 Å². The molecule has 0 spiro atoms. The first kappa shape index (κ1) is 26.2. The molecule has 0 saturated carbocycles. The van der Waals surface area contributed by atoms with Crippen LogP contribution >= 0.6 is 23.5 Å². The molecule has 0 atom stereocenters. The molecule has 0 bridgehead atoms. The molecule has 170 valence electrons. The third-order valence-corrected chi connectivity index (χ3v) is 4.43. The number of oxime groups is 1. The number of carbonyl (C=O) groups is 1. The van der Waals surface area contributed by atoms with Crippen LogP contribution in [-0.4, -0.2) is 43.9 Å². The molecule has 11 heteroatoms. The van der Waals surface area contributed by atoms with Crippen LogP contribution in [0.15, 0.2) is 52.5 Å². The number of methoxy groups -OCH3 is 1. The van der Waals surface area contributed by atoms with Gasteiger partial charge in [-0.1, -0.05) is 29.3 Å². The summed E-state index contributed by atoms with van der Waals surface area (Å²) in [6.45, 7) is 2.92. The first-order valence-corrected chi connectivity index (χ1v) is 10.4. The molecule has 6 N–H and O–H groups in total. The molecule has 2 aromatic rings. The lowest BCUT2D eigenvalue weighted by atomic mass is 10.2. The van der Waals surface area contributed by atoms with Gasteiger partial charge in [0.2, 0.25) is 5.96 Å². The average molecular weight is 471 g/mol. The lowest BCUT2D eigenvalue weighted by Crippen LogP contribution is -2.23. The van der Waals surface area contributed by atoms with Crippen molar-refractivity contribution in [3.8, 4) is 11.5 Å². The number of nitrogens with zero attached hydrogens (tertiary/aromatic N) is 1. The monoisotopic (exact) mass is 470 g/mol. The number of aliphatic carboxylic acids is 1. The van der Waals surface area contributed by atoms with E-state index in [1.165, 1.54) is 17.5 Å². The summed E-state index contributed by atoms with van der Waals surface area (Å²) in [7, 11) is 1.55. The van der Waals surface area contributed by atoms with Gasteiger partial charge in [-0.25, -0.2) is 4.72 Å². The summed E-state index contributed by atoms with van der Waals surface area (Å²) >= 11 is 6.98. The third-order valence-electron chi connectivity index (χ3n) is 3.37. The molecule has 2 rings (SSSR count). The summed E-state index contributed by atoms with van der Waals surface area (Å²) in [5.41, 5.74) is 11.4. The SMILES string of the molecule is COc1ccc(Cl)cc1SNCC(=O)O.Cc1ccc(OCCCON=C(N)N)cc1. The van der Waals surface area contributed by atoms with Crippen LogP contribution in [0.5, 0.6) is 11.5 Å². The number of carboxylic acid groups (broad SMARTS) is 1. The number of benzene rings is 2. The minimum atomic E-state index is -0.913. The van der Waals surface area contributed by atoms with Crippen LogP contribution in [0, 0.1) is 6.92 Å². The Morgan fingerprint density at radius 3 is 2.52 bits per heavy atom. The minimum absolute atomic E-state index is 0.0700. The van der Waals surface area contributed by atoms with E-state index in [9.17, 15) is 4.79 Å². The number of guanidine groups is 1. The smallest absolute Gasteiger partial charge is 0.318 e. The van der Waals surface area contributed by atoms with Gasteiger partial charge in [-0.15, -0.1) is 0 Å². The highest BCUT2D eigenvalue weighted by atomic mass is 35.5. The first-order chi connectivity index (χ1) is 14.8. The molecule has 0 aliphatic heterocycles. The fourth-order valence-electron chi connectivity index (χ4n) is 1.97. The second-order valence-electron chi connectivity index (χ2n) is 5.98. The van der Waals surface area contributed by atoms with Crippen molar-refractivity contribution in [1.82, 2.24) is 4.72 Å². The van der Waals surface area contributed by atoms with Gasteiger partial charge in [0.1, 0.15) is 24.7 Å². The summed E-state index contributed by atoms with van der Waals surface area (Å²) in [5.74, 6) is 0.526. The number of nitrogens with one attached hydrogen (secondary N) is 1. The molecule has 0 heterocycles. The van der Waals surface area contributed by atoms with Gasteiger partial charge in [-0.05, 0) is 54.4 Å². The molecule has 0 fully saturated rings. The molecule has 0 unspecified atom stereocenters. The molecular weight excluding hydrogens is 444 g/mol. The highest BCUT2D eigenvalue weighted by Gasteiger charge is 2.05. The second kappa shape index (κ2) is 15.1. The van der Waals surface area contributed by atoms with E-state index in [0.717, 1.165) is 17.1 Å². The van der Waals surface area contributed by atoms with Gasteiger partial charge >= 0.3 is 5.97 Å². The third kappa shape index (κ3) is 12.5. The van der Waals surface area contributed by atoms with Gasteiger partial charge in [0.15, 0.2) is 0 Å². The summed E-state index contributed by atoms with van der Waals surface area (Å²) < 4.78 is 13.2. The van der Waals surface area contributed by atoms with E-state index in [4.69, 9.17) is 42.5 Å². The van der Waals surface area contributed by atoms with Crippen molar-refractivity contribution in [2.75, 3.05) is 26.9 Å². The maximum atomic E-state index is 10.3. The van der Waals surface area contributed by atoms with E-state index in [1.807, 2.05) is 31.2 Å². The molecule has 31 heavy (non-hydrogen) atoms. The van der Waals surface area contributed by atoms with Crippen LogP contribution in [0.4, 0.5) is 0 Å². The van der Waals surface area contributed by atoms with Crippen molar-refractivity contribution in [3.05, 3.63) is 53.1 Å². The summed E-state index contributed by atoms with van der Waals surface area (Å²) in [4.78, 5) is 15.8. The first-order valence-electron chi connectivity index (χ1n) is 9.17. The fourth-order valence-corrected chi connectivity index (χ4v) is 3.00. The van der Waals surface area contributed by atoms with Gasteiger partial charge in [0, 0.05) is 11.4 Å². The zero-order chi connectivity index (χ0) is 23.1. The Labute approximate surface area is 190 Å². The zero-order valence-electron chi connectivity index (χ0n) is 17.3. The van der Waals surface area contributed by atoms with Crippen molar-refractivity contribution in [3.63, 3.8) is 0 Å². The Morgan fingerprint density at radius 1 is 1.19 bits per heavy atom. The quantitative estimate of drug-likeness (QED) is 0.128. The van der Waals surface area contributed by atoms with Crippen molar-refractivity contribution in [2.24, 2.45) is 16.6 Å². The zero-order valence-corrected chi connectivity index (χ0v) is 18.9. The van der Waals surface area contributed by atoms with E-state index < -0.39 is 5.97 Å². The van der Waals surface area contributed by atoms with E-state index in [-0.39, 0.29) is 12.5 Å². The maximum absolute atomic E-state index is 10.3. The van der Waals surface area contributed by atoms with Crippen molar-refractivity contribution >= 4 is 35.5 Å². The molecule has 0 aliphatic rings. The van der Waals surface area contributed by atoms with Crippen molar-refractivity contribution < 1.29 is 24.2 Å². The molecule has 0 saturated heterocycles. The molecular formula is C20H27ClN4O5S. The lowest BCUT2D eigenvalue weighted by molar-refractivity contribution is -0.135. The molecule has 0 amide bonds. The van der Waals surface area contributed by atoms with Gasteiger partial charge in [0.05, 0.1) is 18.6 Å². The second-order valence-corrected chi connectivity index (χ2v) is 7.35. The Kier molecular flexibility index (Phi) is 12.7. The summed E-state index contributed by atoms with van der Waals surface area (Å²) in [6, 6.07) is 13.0. The number of ether oxygens (including phenoxy) is 2. The number of nitrogens with two attached hydrogens (primary N) is 2. The number of aryl methyl sites for hydroxylation is 1. The van der Waals surface area contributed by atoms with Crippen LogP contribution < -0.4 is 25.7 Å². The van der Waals surface area contributed by atoms with E-state index in [1.54, 1.807) is 25.3 Å². The Balaban J connectivity index is 0.000000311. The van der Waals surface area contributed by atoms with Crippen LogP contribution in [-0.2, 0) is 9.63 Å². The number of rotatable bonds is 11. The van der Waals surface area contributed by atoms with E-state index in [2.05, 4.69) is 9.88 Å². The average Bonchev–Trinajstić information content (AvgIpc) is 2.72. The highest BCUT2D eigenvalue weighted by Crippen LogP contribution is 2.29. The van der Waals surface area contributed by atoms with Gasteiger partial charge in [0.25, 0.3) is 0 Å². The normalized spacial score (nSPS) is 9.77. The standard InChI is InChI=1S/C11H17N3O2.C9H10ClNO3S/c1-9-3-5-10(6-4-9)15-7-2-8-16-14-11(12)13;1-14-7-3-2-6(10)4-8(7)15-11-5-9(12)13/h3-6H,2,7-8H2,1H3,(H4,12,13,14);2-4,11H,5H2,1H3,(H,12,13). The number of halogens is 1. The number of carboxylic acids is 1. The summed E-state index contributed by atoms with van der Waals surface area (Å²) in [6.07, 6.45) is 0.727. The lowest BCUT2D eigenvalue weighted by Gasteiger charge is -2.07. The highest BCUT2D eigenvalue weighted by molar-refractivity contribution is 7.97. The predicted octanol–water partition coefficient (Wildman–Crippen LogP) is 3.00. The molecule has 0 aliphatic carbocycles. The van der Waals surface area contributed by atoms with Crippen LogP contribution in [0.2, 0.25) is 5.02 Å². The number of hydrogen-bond acceptors (Lipinski definition) is 7. The molecule has 2 aromatic carbocycles. The Hall–Kier alpha value is -2.82. The molecule has 0 aromatic heterocycles. The minimum Gasteiger partial charge on any atom is -0.496 e. The van der Waals surface area contributed by atoms with Crippen LogP contribution in [0.25, 0.3) is 0 Å². The van der Waals surface area contributed by atoms with E-state index >= 15 is 0 Å².